The lowest BCUT2D eigenvalue weighted by Crippen LogP contribution is -2.25. The second-order valence-electron chi connectivity index (χ2n) is 6.75. The van der Waals surface area contributed by atoms with Crippen LogP contribution in [0.1, 0.15) is 48.7 Å². The lowest BCUT2D eigenvalue weighted by molar-refractivity contribution is -0.137. The number of aliphatic hydroxyl groups excluding tert-OH is 1. The molecule has 0 radical (unpaired) electrons. The van der Waals surface area contributed by atoms with Crippen LogP contribution in [0.3, 0.4) is 0 Å². The molecule has 2 aromatic rings. The Labute approximate surface area is 209 Å². The Hall–Kier alpha value is -3.79. The Balaban J connectivity index is 0.00000106. The average molecular weight is 508 g/mol. The molecule has 3 N–H and O–H groups in total. The molecule has 0 bridgehead atoms. The average Bonchev–Trinajstić information content (AvgIpc) is 2.91. The predicted octanol–water partition coefficient (Wildman–Crippen LogP) is 4.83. The Kier molecular flexibility index (Phi) is 15.0. The first-order valence-electron chi connectivity index (χ1n) is 11.0. The molecule has 10 heteroatoms. The molecule has 1 heterocycles. The summed E-state index contributed by atoms with van der Waals surface area (Å²) in [6.45, 7) is 6.09. The van der Waals surface area contributed by atoms with Gasteiger partial charge in [0.1, 0.15) is 5.75 Å². The highest BCUT2D eigenvalue weighted by molar-refractivity contribution is 6.26. The van der Waals surface area contributed by atoms with Crippen LogP contribution in [0.5, 0.6) is 5.75 Å². The number of amides is 1. The number of benzene rings is 2. The molecule has 36 heavy (non-hydrogen) atoms. The molecule has 0 saturated carbocycles. The maximum atomic E-state index is 12.6. The summed E-state index contributed by atoms with van der Waals surface area (Å²) in [6.07, 6.45) is -1.48. The number of carbonyl (C=O) groups excluding carboxylic acids is 2. The van der Waals surface area contributed by atoms with Gasteiger partial charge in [-0.05, 0) is 55.0 Å². The van der Waals surface area contributed by atoms with E-state index < -0.39 is 11.7 Å². The Morgan fingerprint density at radius 1 is 1.06 bits per heavy atom. The zero-order chi connectivity index (χ0) is 27.7. The summed E-state index contributed by atoms with van der Waals surface area (Å²) < 4.78 is 37.9. The highest BCUT2D eigenvalue weighted by Crippen LogP contribution is 2.29. The van der Waals surface area contributed by atoms with Gasteiger partial charge in [-0.3, -0.25) is 19.6 Å². The van der Waals surface area contributed by atoms with Gasteiger partial charge in [-0.2, -0.15) is 13.2 Å². The fourth-order valence-electron chi connectivity index (χ4n) is 2.57. The zero-order valence-electron chi connectivity index (χ0n) is 20.9. The van der Waals surface area contributed by atoms with Crippen molar-refractivity contribution in [2.24, 2.45) is 9.98 Å². The largest absolute Gasteiger partial charge is 0.508 e. The van der Waals surface area contributed by atoms with E-state index in [0.29, 0.717) is 41.2 Å². The number of rotatable bonds is 4. The number of aromatic hydroxyl groups is 1. The van der Waals surface area contributed by atoms with Crippen LogP contribution in [0.25, 0.3) is 0 Å². The van der Waals surface area contributed by atoms with E-state index in [1.165, 1.54) is 36.4 Å². The molecule has 0 aliphatic carbocycles. The van der Waals surface area contributed by atoms with Crippen molar-refractivity contribution in [1.82, 2.24) is 5.32 Å². The van der Waals surface area contributed by atoms with Crippen molar-refractivity contribution in [3.05, 3.63) is 77.0 Å². The molecule has 3 rings (SSSR count). The summed E-state index contributed by atoms with van der Waals surface area (Å²) in [4.78, 5) is 29.7. The summed E-state index contributed by atoms with van der Waals surface area (Å²) >= 11 is 0. The van der Waals surface area contributed by atoms with Gasteiger partial charge >= 0.3 is 6.18 Å². The molecule has 0 atom stereocenters. The van der Waals surface area contributed by atoms with Crippen LogP contribution >= 0.6 is 0 Å². The van der Waals surface area contributed by atoms with E-state index >= 15 is 0 Å². The SMILES string of the molecule is CC.CN=C(C)C=O.CO.O=C(NC1=CC(c2ccc(C(F)(F)F)cc2)=NCC1)c1ccc(O)cc1. The number of nitrogens with zero attached hydrogens (tertiary/aromatic N) is 2. The van der Waals surface area contributed by atoms with Gasteiger partial charge < -0.3 is 15.5 Å². The van der Waals surface area contributed by atoms with Crippen molar-refractivity contribution in [3.8, 4) is 5.75 Å². The van der Waals surface area contributed by atoms with Crippen LogP contribution in [0.4, 0.5) is 13.2 Å². The Morgan fingerprint density at radius 2 is 1.61 bits per heavy atom. The normalized spacial score (nSPS) is 12.6. The Bertz CT molecular complexity index is 1040. The van der Waals surface area contributed by atoms with E-state index in [9.17, 15) is 27.9 Å². The van der Waals surface area contributed by atoms with Crippen molar-refractivity contribution in [3.63, 3.8) is 0 Å². The second-order valence-corrected chi connectivity index (χ2v) is 6.75. The van der Waals surface area contributed by atoms with Gasteiger partial charge in [-0.15, -0.1) is 0 Å². The number of halogens is 3. The van der Waals surface area contributed by atoms with Crippen LogP contribution in [-0.4, -0.2) is 54.5 Å². The summed E-state index contributed by atoms with van der Waals surface area (Å²) in [5, 5.41) is 19.0. The number of phenolic OH excluding ortho intramolecular Hbond substituents is 1. The standard InChI is InChI=1S/C19H15F3N2O2.C4H7NO.C2H6.CH4O/c20-19(21,22)14-5-1-12(2-6-14)17-11-15(9-10-23-17)24-18(26)13-3-7-16(25)8-4-13;1-4(3-6)5-2;2*1-2/h1-8,11,25H,9-10H2,(H,24,26);3H,1-2H3;1-2H3;2H,1H3. The van der Waals surface area contributed by atoms with Gasteiger partial charge in [0.05, 0.1) is 17.0 Å². The van der Waals surface area contributed by atoms with Gasteiger partial charge in [-0.1, -0.05) is 26.0 Å². The van der Waals surface area contributed by atoms with Crippen molar-refractivity contribution < 1.29 is 33.0 Å². The molecule has 0 saturated heterocycles. The molecular weight excluding hydrogens is 475 g/mol. The quantitative estimate of drug-likeness (QED) is 0.407. The number of hydrogen-bond acceptors (Lipinski definition) is 6. The molecule has 1 amide bonds. The smallest absolute Gasteiger partial charge is 0.416 e. The van der Waals surface area contributed by atoms with Crippen LogP contribution in [0.2, 0.25) is 0 Å². The van der Waals surface area contributed by atoms with E-state index in [1.54, 1.807) is 20.0 Å². The first kappa shape index (κ1) is 32.2. The van der Waals surface area contributed by atoms with Gasteiger partial charge in [0.2, 0.25) is 0 Å². The molecule has 0 fully saturated rings. The summed E-state index contributed by atoms with van der Waals surface area (Å²) in [5.74, 6) is -0.264. The third-order valence-electron chi connectivity index (χ3n) is 4.41. The number of alkyl halides is 3. The van der Waals surface area contributed by atoms with Crippen LogP contribution in [0.15, 0.2) is 70.3 Å². The van der Waals surface area contributed by atoms with Crippen molar-refractivity contribution in [1.29, 1.82) is 0 Å². The number of phenols is 1. The molecule has 0 unspecified atom stereocenters. The summed E-state index contributed by atoms with van der Waals surface area (Å²) in [7, 11) is 2.59. The lowest BCUT2D eigenvalue weighted by atomic mass is 10.0. The van der Waals surface area contributed by atoms with E-state index in [4.69, 9.17) is 5.11 Å². The minimum atomic E-state index is -4.38. The first-order chi connectivity index (χ1) is 17.1. The minimum Gasteiger partial charge on any atom is -0.508 e. The monoisotopic (exact) mass is 507 g/mol. The number of aliphatic imine (C=N–C) groups is 2. The second kappa shape index (κ2) is 16.8. The van der Waals surface area contributed by atoms with Crippen molar-refractivity contribution >= 4 is 23.6 Å². The van der Waals surface area contributed by atoms with E-state index in [2.05, 4.69) is 15.3 Å². The molecule has 0 aromatic heterocycles. The number of carbonyl (C=O) groups is 2. The number of aliphatic hydroxyl groups is 1. The highest BCUT2D eigenvalue weighted by Gasteiger charge is 2.30. The Morgan fingerprint density at radius 3 is 2.06 bits per heavy atom. The highest BCUT2D eigenvalue weighted by atomic mass is 19.4. The number of aldehydes is 1. The maximum Gasteiger partial charge on any atom is 0.416 e. The van der Waals surface area contributed by atoms with Crippen LogP contribution in [0, 0.1) is 0 Å². The summed E-state index contributed by atoms with van der Waals surface area (Å²) in [6, 6.07) is 10.6. The van der Waals surface area contributed by atoms with Crippen LogP contribution in [-0.2, 0) is 11.0 Å². The first-order valence-corrected chi connectivity index (χ1v) is 11.0. The number of hydrogen-bond donors (Lipinski definition) is 3. The topological polar surface area (TPSA) is 111 Å². The van der Waals surface area contributed by atoms with Gasteiger partial charge in [0, 0.05) is 38.4 Å². The fraction of sp³-hybridized carbons (Fsp3) is 0.308. The molecule has 7 nitrogen and oxygen atoms in total. The van der Waals surface area contributed by atoms with Gasteiger partial charge in [0.25, 0.3) is 5.91 Å². The van der Waals surface area contributed by atoms with Crippen molar-refractivity contribution in [2.75, 3.05) is 20.7 Å². The molecular formula is C26H32F3N3O4. The third kappa shape index (κ3) is 11.1. The fourth-order valence-corrected chi connectivity index (χ4v) is 2.57. The van der Waals surface area contributed by atoms with Gasteiger partial charge in [-0.25, -0.2) is 0 Å². The molecule has 1 aliphatic rings. The van der Waals surface area contributed by atoms with Crippen molar-refractivity contribution in [2.45, 2.75) is 33.4 Å². The van der Waals surface area contributed by atoms with Crippen LogP contribution < -0.4 is 5.32 Å². The third-order valence-corrected chi connectivity index (χ3v) is 4.41. The molecule has 2 aromatic carbocycles. The van der Waals surface area contributed by atoms with E-state index in [0.717, 1.165) is 25.5 Å². The molecule has 1 aliphatic heterocycles. The summed E-state index contributed by atoms with van der Waals surface area (Å²) in [5.41, 5.74) is 1.91. The van der Waals surface area contributed by atoms with E-state index in [1.807, 2.05) is 13.8 Å². The van der Waals surface area contributed by atoms with E-state index in [-0.39, 0.29) is 11.7 Å². The molecule has 0 spiro atoms. The minimum absolute atomic E-state index is 0.0650. The number of allylic oxidation sites excluding steroid dienone is 1. The predicted molar refractivity (Wildman–Crippen MR) is 136 cm³/mol. The number of nitrogens with one attached hydrogen (secondary N) is 1. The number of dihydropyridines is 1. The lowest BCUT2D eigenvalue weighted by Gasteiger charge is -2.15. The maximum absolute atomic E-state index is 12.6. The van der Waals surface area contributed by atoms with Gasteiger partial charge in [0.15, 0.2) is 6.29 Å². The zero-order valence-corrected chi connectivity index (χ0v) is 20.9. The molecule has 196 valence electrons.